The Bertz CT molecular complexity index is 327. The molecule has 0 spiro atoms. The highest BCUT2D eigenvalue weighted by Crippen LogP contribution is 2.06. The van der Waals surface area contributed by atoms with Crippen LogP contribution in [0.15, 0.2) is 18.3 Å². The van der Waals surface area contributed by atoms with Gasteiger partial charge in [0, 0.05) is 18.6 Å². The van der Waals surface area contributed by atoms with Crippen molar-refractivity contribution in [3.05, 3.63) is 29.0 Å². The number of nitrogens with one attached hydrogen (secondary N) is 1. The van der Waals surface area contributed by atoms with Gasteiger partial charge in [0.25, 0.3) is 5.91 Å². The summed E-state index contributed by atoms with van der Waals surface area (Å²) in [6.45, 7) is 0.653. The highest BCUT2D eigenvalue weighted by atomic mass is 35.5. The van der Waals surface area contributed by atoms with Crippen LogP contribution in [0.25, 0.3) is 0 Å². The molecular formula is C11H14Cl2N2O. The Morgan fingerprint density at radius 1 is 1.31 bits per heavy atom. The minimum Gasteiger partial charge on any atom is -0.351 e. The Labute approximate surface area is 105 Å². The molecule has 0 atom stereocenters. The van der Waals surface area contributed by atoms with Gasteiger partial charge in [0.05, 0.1) is 5.02 Å². The number of nitrogens with zero attached hydrogens (tertiary/aromatic N) is 1. The van der Waals surface area contributed by atoms with Crippen molar-refractivity contribution in [1.82, 2.24) is 10.3 Å². The molecule has 0 unspecified atom stereocenters. The van der Waals surface area contributed by atoms with Crippen molar-refractivity contribution in [2.24, 2.45) is 0 Å². The number of pyridine rings is 1. The number of unbranched alkanes of at least 4 members (excludes halogenated alkanes) is 2. The molecule has 16 heavy (non-hydrogen) atoms. The average Bonchev–Trinajstić information content (AvgIpc) is 2.29. The molecule has 1 rings (SSSR count). The molecule has 0 bridgehead atoms. The van der Waals surface area contributed by atoms with Crippen molar-refractivity contribution < 1.29 is 4.79 Å². The molecule has 88 valence electrons. The van der Waals surface area contributed by atoms with Crippen LogP contribution < -0.4 is 5.32 Å². The predicted molar refractivity (Wildman–Crippen MR) is 66.2 cm³/mol. The lowest BCUT2D eigenvalue weighted by Gasteiger charge is -2.03. The van der Waals surface area contributed by atoms with E-state index in [9.17, 15) is 4.79 Å². The number of alkyl halides is 1. The number of carbonyl (C=O) groups excluding carboxylic acids is 1. The maximum Gasteiger partial charge on any atom is 0.269 e. The number of amides is 1. The smallest absolute Gasteiger partial charge is 0.269 e. The molecule has 0 saturated heterocycles. The molecule has 3 nitrogen and oxygen atoms in total. The summed E-state index contributed by atoms with van der Waals surface area (Å²) in [6, 6.07) is 3.26. The third kappa shape index (κ3) is 4.81. The van der Waals surface area contributed by atoms with Gasteiger partial charge < -0.3 is 5.32 Å². The zero-order valence-corrected chi connectivity index (χ0v) is 10.4. The summed E-state index contributed by atoms with van der Waals surface area (Å²) < 4.78 is 0. The Hall–Kier alpha value is -0.800. The van der Waals surface area contributed by atoms with Crippen molar-refractivity contribution in [2.45, 2.75) is 19.3 Å². The maximum absolute atomic E-state index is 11.5. The van der Waals surface area contributed by atoms with E-state index in [-0.39, 0.29) is 5.91 Å². The molecule has 1 aromatic heterocycles. The molecule has 0 aliphatic carbocycles. The Morgan fingerprint density at radius 2 is 2.12 bits per heavy atom. The standard InChI is InChI=1S/C11H14Cl2N2O/c12-6-2-1-3-7-14-11(16)10-5-4-9(13)8-15-10/h4-5,8H,1-3,6-7H2,(H,14,16). The van der Waals surface area contributed by atoms with Crippen LogP contribution in [0.1, 0.15) is 29.8 Å². The van der Waals surface area contributed by atoms with E-state index in [0.29, 0.717) is 23.1 Å². The number of hydrogen-bond donors (Lipinski definition) is 1. The van der Waals surface area contributed by atoms with E-state index in [0.717, 1.165) is 19.3 Å². The Kier molecular flexibility index (Phi) is 6.19. The third-order valence-corrected chi connectivity index (χ3v) is 2.55. The summed E-state index contributed by atoms with van der Waals surface area (Å²) in [6.07, 6.45) is 4.41. The molecule has 0 aliphatic heterocycles. The molecule has 1 aromatic rings. The highest BCUT2D eigenvalue weighted by molar-refractivity contribution is 6.30. The van der Waals surface area contributed by atoms with Gasteiger partial charge in [-0.05, 0) is 25.0 Å². The van der Waals surface area contributed by atoms with Gasteiger partial charge in [0.1, 0.15) is 5.69 Å². The van der Waals surface area contributed by atoms with Crippen LogP contribution in [-0.4, -0.2) is 23.3 Å². The summed E-state index contributed by atoms with van der Waals surface area (Å²) >= 11 is 11.2. The normalized spacial score (nSPS) is 10.1. The van der Waals surface area contributed by atoms with E-state index in [2.05, 4.69) is 10.3 Å². The number of hydrogen-bond acceptors (Lipinski definition) is 2. The summed E-state index contributed by atoms with van der Waals surface area (Å²) in [5.74, 6) is 0.509. The molecule has 5 heteroatoms. The number of aromatic nitrogens is 1. The van der Waals surface area contributed by atoms with E-state index in [1.165, 1.54) is 6.20 Å². The zero-order valence-electron chi connectivity index (χ0n) is 8.88. The summed E-state index contributed by atoms with van der Waals surface area (Å²) in [4.78, 5) is 15.5. The first kappa shape index (κ1) is 13.3. The fourth-order valence-corrected chi connectivity index (χ4v) is 1.50. The first-order chi connectivity index (χ1) is 7.74. The van der Waals surface area contributed by atoms with Gasteiger partial charge in [0.2, 0.25) is 0 Å². The lowest BCUT2D eigenvalue weighted by molar-refractivity contribution is 0.0948. The molecular weight excluding hydrogens is 247 g/mol. The number of rotatable bonds is 6. The van der Waals surface area contributed by atoms with Crippen molar-refractivity contribution in [3.8, 4) is 0 Å². The van der Waals surface area contributed by atoms with Crippen molar-refractivity contribution in [1.29, 1.82) is 0 Å². The molecule has 1 heterocycles. The SMILES string of the molecule is O=C(NCCCCCCl)c1ccc(Cl)cn1. The largest absolute Gasteiger partial charge is 0.351 e. The number of carbonyl (C=O) groups is 1. The van der Waals surface area contributed by atoms with Crippen LogP contribution in [-0.2, 0) is 0 Å². The molecule has 0 aliphatic rings. The first-order valence-electron chi connectivity index (χ1n) is 5.20. The van der Waals surface area contributed by atoms with Crippen molar-refractivity contribution in [2.75, 3.05) is 12.4 Å². The van der Waals surface area contributed by atoms with Crippen molar-refractivity contribution in [3.63, 3.8) is 0 Å². The lowest BCUT2D eigenvalue weighted by atomic mass is 10.2. The molecule has 0 radical (unpaired) electrons. The van der Waals surface area contributed by atoms with Crippen LogP contribution in [0.4, 0.5) is 0 Å². The molecule has 0 aromatic carbocycles. The summed E-state index contributed by atoms with van der Waals surface area (Å²) in [5, 5.41) is 3.32. The van der Waals surface area contributed by atoms with Crippen LogP contribution in [0, 0.1) is 0 Å². The fourth-order valence-electron chi connectivity index (χ4n) is 1.20. The maximum atomic E-state index is 11.5. The molecule has 1 N–H and O–H groups in total. The second-order valence-corrected chi connectivity index (χ2v) is 4.18. The van der Waals surface area contributed by atoms with E-state index in [1.807, 2.05) is 0 Å². The van der Waals surface area contributed by atoms with Gasteiger partial charge in [-0.1, -0.05) is 18.0 Å². The highest BCUT2D eigenvalue weighted by Gasteiger charge is 2.05. The van der Waals surface area contributed by atoms with Gasteiger partial charge in [-0.3, -0.25) is 4.79 Å². The van der Waals surface area contributed by atoms with Gasteiger partial charge in [-0.15, -0.1) is 11.6 Å². The van der Waals surface area contributed by atoms with Crippen LogP contribution in [0.5, 0.6) is 0 Å². The topological polar surface area (TPSA) is 42.0 Å². The monoisotopic (exact) mass is 260 g/mol. The summed E-state index contributed by atoms with van der Waals surface area (Å²) in [7, 11) is 0. The molecule has 1 amide bonds. The predicted octanol–water partition coefficient (Wildman–Crippen LogP) is 2.87. The van der Waals surface area contributed by atoms with E-state index in [4.69, 9.17) is 23.2 Å². The minimum absolute atomic E-state index is 0.164. The van der Waals surface area contributed by atoms with Gasteiger partial charge >= 0.3 is 0 Å². The quantitative estimate of drug-likeness (QED) is 0.632. The lowest BCUT2D eigenvalue weighted by Crippen LogP contribution is -2.25. The van der Waals surface area contributed by atoms with E-state index >= 15 is 0 Å². The van der Waals surface area contributed by atoms with Crippen molar-refractivity contribution >= 4 is 29.1 Å². The Balaban J connectivity index is 2.27. The zero-order chi connectivity index (χ0) is 11.8. The van der Waals surface area contributed by atoms with Gasteiger partial charge in [0.15, 0.2) is 0 Å². The second-order valence-electron chi connectivity index (χ2n) is 3.37. The van der Waals surface area contributed by atoms with E-state index < -0.39 is 0 Å². The molecule has 0 saturated carbocycles. The van der Waals surface area contributed by atoms with Gasteiger partial charge in [-0.25, -0.2) is 4.98 Å². The third-order valence-electron chi connectivity index (χ3n) is 2.06. The average molecular weight is 261 g/mol. The molecule has 0 fully saturated rings. The minimum atomic E-state index is -0.164. The summed E-state index contributed by atoms with van der Waals surface area (Å²) in [5.41, 5.74) is 0.391. The van der Waals surface area contributed by atoms with Gasteiger partial charge in [-0.2, -0.15) is 0 Å². The second kappa shape index (κ2) is 7.47. The van der Waals surface area contributed by atoms with Crippen LogP contribution in [0.3, 0.4) is 0 Å². The van der Waals surface area contributed by atoms with E-state index in [1.54, 1.807) is 12.1 Å². The van der Waals surface area contributed by atoms with Crippen LogP contribution in [0.2, 0.25) is 5.02 Å². The van der Waals surface area contributed by atoms with Crippen LogP contribution >= 0.6 is 23.2 Å². The fraction of sp³-hybridized carbons (Fsp3) is 0.455. The first-order valence-corrected chi connectivity index (χ1v) is 6.11. The number of halogens is 2. The Morgan fingerprint density at radius 3 is 2.75 bits per heavy atom.